The molecule has 5 rings (SSSR count). The monoisotopic (exact) mass is 400 g/mol. The normalized spacial score (nSPS) is 12.3. The third kappa shape index (κ3) is 2.89. The molecule has 30 heavy (non-hydrogen) atoms. The average molecular weight is 400 g/mol. The van der Waals surface area contributed by atoms with E-state index >= 15 is 0 Å². The molecule has 148 valence electrons. The fourth-order valence-corrected chi connectivity index (χ4v) is 3.57. The molecule has 7 nitrogen and oxygen atoms in total. The van der Waals surface area contributed by atoms with Gasteiger partial charge in [0.05, 0.1) is 29.1 Å². The summed E-state index contributed by atoms with van der Waals surface area (Å²) >= 11 is 0. The van der Waals surface area contributed by atoms with Gasteiger partial charge in [-0.15, -0.1) is 0 Å². The van der Waals surface area contributed by atoms with E-state index in [-0.39, 0.29) is 5.39 Å². The molecule has 3 aromatic heterocycles. The summed E-state index contributed by atoms with van der Waals surface area (Å²) in [6.07, 6.45) is 3.27. The summed E-state index contributed by atoms with van der Waals surface area (Å²) < 4.78 is 15.9. The molecule has 0 radical (unpaired) electrons. The lowest BCUT2D eigenvalue weighted by Crippen LogP contribution is -2.28. The van der Waals surface area contributed by atoms with Crippen LogP contribution in [0.1, 0.15) is 18.8 Å². The molecule has 3 heterocycles. The second-order valence-electron chi connectivity index (χ2n) is 6.90. The quantitative estimate of drug-likeness (QED) is 0.477. The standard InChI is InChI=1S/C22H17FN6O/c1-13(27-20-19-17(10-11-24-20)25-12-26-19)21-28-16-9-5-8-15(23)18(16)22(30)29(21)14-6-3-2-4-7-14/h2-13H,1H3,(H,24,27)(H,25,26)/t13-/m0/s1. The van der Waals surface area contributed by atoms with Gasteiger partial charge in [-0.3, -0.25) is 9.36 Å². The van der Waals surface area contributed by atoms with Crippen molar-refractivity contribution in [1.82, 2.24) is 24.5 Å². The highest BCUT2D eigenvalue weighted by Gasteiger charge is 2.20. The summed E-state index contributed by atoms with van der Waals surface area (Å²) in [5.41, 5.74) is 1.98. The maximum absolute atomic E-state index is 14.5. The number of H-pyrrole nitrogens is 1. The van der Waals surface area contributed by atoms with E-state index in [2.05, 4.69) is 25.3 Å². The molecule has 2 aromatic carbocycles. The molecular formula is C22H17FN6O. The van der Waals surface area contributed by atoms with E-state index in [0.717, 1.165) is 5.52 Å². The lowest BCUT2D eigenvalue weighted by Gasteiger charge is -2.20. The molecule has 0 aliphatic carbocycles. The summed E-state index contributed by atoms with van der Waals surface area (Å²) in [4.78, 5) is 29.7. The SMILES string of the molecule is C[C@H](Nc1nccc2[nH]cnc12)c1nc2cccc(F)c2c(=O)n1-c1ccccc1. The Bertz CT molecular complexity index is 1430. The van der Waals surface area contributed by atoms with Crippen LogP contribution in [0.2, 0.25) is 0 Å². The fourth-order valence-electron chi connectivity index (χ4n) is 3.57. The Morgan fingerprint density at radius 3 is 2.73 bits per heavy atom. The van der Waals surface area contributed by atoms with E-state index in [1.165, 1.54) is 10.6 Å². The second-order valence-corrected chi connectivity index (χ2v) is 6.90. The summed E-state index contributed by atoms with van der Waals surface area (Å²) in [6, 6.07) is 14.9. The Kier molecular flexibility index (Phi) is 4.24. The van der Waals surface area contributed by atoms with Crippen molar-refractivity contribution in [3.8, 4) is 5.69 Å². The summed E-state index contributed by atoms with van der Waals surface area (Å²) in [7, 11) is 0. The number of para-hydroxylation sites is 1. The number of nitrogens with zero attached hydrogens (tertiary/aromatic N) is 4. The van der Waals surface area contributed by atoms with E-state index < -0.39 is 17.4 Å². The van der Waals surface area contributed by atoms with Crippen molar-refractivity contribution >= 4 is 27.8 Å². The van der Waals surface area contributed by atoms with Crippen molar-refractivity contribution in [2.75, 3.05) is 5.32 Å². The average Bonchev–Trinajstić information content (AvgIpc) is 3.24. The van der Waals surface area contributed by atoms with Gasteiger partial charge >= 0.3 is 0 Å². The van der Waals surface area contributed by atoms with Gasteiger partial charge in [0.2, 0.25) is 0 Å². The van der Waals surface area contributed by atoms with Gasteiger partial charge in [-0.1, -0.05) is 24.3 Å². The van der Waals surface area contributed by atoms with E-state index in [4.69, 9.17) is 0 Å². The molecule has 0 unspecified atom stereocenters. The highest BCUT2D eigenvalue weighted by molar-refractivity contribution is 5.85. The van der Waals surface area contributed by atoms with Crippen LogP contribution in [0.5, 0.6) is 0 Å². The molecule has 0 bridgehead atoms. The van der Waals surface area contributed by atoms with Gasteiger partial charge in [-0.25, -0.2) is 19.3 Å². The number of imidazole rings is 1. The van der Waals surface area contributed by atoms with Crippen molar-refractivity contribution in [3.05, 3.63) is 89.1 Å². The molecule has 5 aromatic rings. The van der Waals surface area contributed by atoms with Crippen molar-refractivity contribution < 1.29 is 4.39 Å². The molecule has 2 N–H and O–H groups in total. The Morgan fingerprint density at radius 2 is 1.90 bits per heavy atom. The number of hydrogen-bond acceptors (Lipinski definition) is 5. The van der Waals surface area contributed by atoms with Crippen molar-refractivity contribution in [2.24, 2.45) is 0 Å². The first-order valence-corrected chi connectivity index (χ1v) is 9.44. The number of pyridine rings is 1. The van der Waals surface area contributed by atoms with Crippen LogP contribution in [0, 0.1) is 5.82 Å². The third-order valence-electron chi connectivity index (χ3n) is 4.97. The Balaban J connectivity index is 1.71. The van der Waals surface area contributed by atoms with Crippen LogP contribution in [-0.2, 0) is 0 Å². The third-order valence-corrected chi connectivity index (χ3v) is 4.97. The number of anilines is 1. The van der Waals surface area contributed by atoms with Gasteiger partial charge < -0.3 is 10.3 Å². The van der Waals surface area contributed by atoms with E-state index in [9.17, 15) is 9.18 Å². The molecule has 0 amide bonds. The zero-order chi connectivity index (χ0) is 20.7. The number of benzene rings is 2. The number of nitrogens with one attached hydrogen (secondary N) is 2. The molecule has 0 spiro atoms. The number of hydrogen-bond donors (Lipinski definition) is 2. The van der Waals surface area contributed by atoms with Gasteiger partial charge in [-0.2, -0.15) is 0 Å². The van der Waals surface area contributed by atoms with Crippen LogP contribution < -0.4 is 10.9 Å². The maximum atomic E-state index is 14.5. The van der Waals surface area contributed by atoms with Crippen LogP contribution in [0.25, 0.3) is 27.6 Å². The van der Waals surface area contributed by atoms with Crippen molar-refractivity contribution in [3.63, 3.8) is 0 Å². The van der Waals surface area contributed by atoms with Gasteiger partial charge in [0.15, 0.2) is 5.82 Å². The van der Waals surface area contributed by atoms with Crippen molar-refractivity contribution in [1.29, 1.82) is 0 Å². The molecule has 0 aliphatic heterocycles. The number of fused-ring (bicyclic) bond motifs is 2. The lowest BCUT2D eigenvalue weighted by atomic mass is 10.2. The molecule has 1 atom stereocenters. The molecule has 0 aliphatic rings. The minimum Gasteiger partial charge on any atom is -0.359 e. The van der Waals surface area contributed by atoms with Gasteiger partial charge in [0.25, 0.3) is 5.56 Å². The number of rotatable bonds is 4. The molecule has 0 saturated carbocycles. The summed E-state index contributed by atoms with van der Waals surface area (Å²) in [6.45, 7) is 1.87. The highest BCUT2D eigenvalue weighted by Crippen LogP contribution is 2.24. The summed E-state index contributed by atoms with van der Waals surface area (Å²) in [5, 5.41) is 3.26. The predicted molar refractivity (Wildman–Crippen MR) is 113 cm³/mol. The molecular weight excluding hydrogens is 383 g/mol. The predicted octanol–water partition coefficient (Wildman–Crippen LogP) is 3.97. The molecule has 0 fully saturated rings. The van der Waals surface area contributed by atoms with Crippen LogP contribution in [0.4, 0.5) is 10.2 Å². The van der Waals surface area contributed by atoms with Crippen LogP contribution in [0.3, 0.4) is 0 Å². The first-order chi connectivity index (χ1) is 14.6. The Hall–Kier alpha value is -4.07. The van der Waals surface area contributed by atoms with Gasteiger partial charge in [0.1, 0.15) is 22.5 Å². The van der Waals surface area contributed by atoms with Gasteiger partial charge in [-0.05, 0) is 37.3 Å². The Morgan fingerprint density at radius 1 is 1.07 bits per heavy atom. The lowest BCUT2D eigenvalue weighted by molar-refractivity contribution is 0.635. The minimum absolute atomic E-state index is 0.0372. The number of halogens is 1. The first kappa shape index (κ1) is 18.0. The molecule has 8 heteroatoms. The Labute approximate surface area is 170 Å². The van der Waals surface area contributed by atoms with E-state index in [1.54, 1.807) is 36.8 Å². The minimum atomic E-state index is -0.593. The highest BCUT2D eigenvalue weighted by atomic mass is 19.1. The van der Waals surface area contributed by atoms with E-state index in [1.807, 2.05) is 31.2 Å². The topological polar surface area (TPSA) is 88.5 Å². The summed E-state index contributed by atoms with van der Waals surface area (Å²) in [5.74, 6) is 0.415. The second kappa shape index (κ2) is 7.07. The fraction of sp³-hybridized carbons (Fsp3) is 0.0909. The van der Waals surface area contributed by atoms with Crippen LogP contribution in [-0.4, -0.2) is 24.5 Å². The smallest absolute Gasteiger partial charge is 0.269 e. The maximum Gasteiger partial charge on any atom is 0.269 e. The largest absolute Gasteiger partial charge is 0.359 e. The zero-order valence-electron chi connectivity index (χ0n) is 16.0. The number of aromatic nitrogens is 5. The van der Waals surface area contributed by atoms with Gasteiger partial charge in [0, 0.05) is 6.20 Å². The molecule has 0 saturated heterocycles. The van der Waals surface area contributed by atoms with E-state index in [0.29, 0.717) is 28.4 Å². The first-order valence-electron chi connectivity index (χ1n) is 9.44. The van der Waals surface area contributed by atoms with Crippen LogP contribution in [0.15, 0.2) is 71.9 Å². The van der Waals surface area contributed by atoms with Crippen LogP contribution >= 0.6 is 0 Å². The zero-order valence-corrected chi connectivity index (χ0v) is 16.0. The van der Waals surface area contributed by atoms with Crippen molar-refractivity contribution in [2.45, 2.75) is 13.0 Å². The number of aromatic amines is 1.